The molecule has 1 fully saturated rings. The van der Waals surface area contributed by atoms with Gasteiger partial charge in [-0.2, -0.15) is 17.7 Å². The van der Waals surface area contributed by atoms with Gasteiger partial charge in [-0.15, -0.1) is 0 Å². The molecule has 0 radical (unpaired) electrons. The van der Waals surface area contributed by atoms with Gasteiger partial charge in [0.05, 0.1) is 6.61 Å². The molecule has 27 heavy (non-hydrogen) atoms. The molecule has 7 N–H and O–H groups in total. The third kappa shape index (κ3) is 3.61. The van der Waals surface area contributed by atoms with Gasteiger partial charge in [0.15, 0.2) is 23.6 Å². The Bertz CT molecular complexity index is 698. The fraction of sp³-hybridized carbons (Fsp3) is 0.643. The zero-order chi connectivity index (χ0) is 19.7. The summed E-state index contributed by atoms with van der Waals surface area (Å²) in [5.41, 5.74) is 11.9. The molecule has 1 aromatic rings. The summed E-state index contributed by atoms with van der Waals surface area (Å²) in [7, 11) is 0. The molecule has 0 aromatic carbocycles. The monoisotopic (exact) mass is 402 g/mol. The van der Waals surface area contributed by atoms with Crippen LogP contribution in [0.4, 0.5) is 17.3 Å². The van der Waals surface area contributed by atoms with Crippen LogP contribution in [0.2, 0.25) is 0 Å². The van der Waals surface area contributed by atoms with Crippen LogP contribution < -0.4 is 21.4 Å². The first-order valence-electron chi connectivity index (χ1n) is 8.24. The molecular weight excluding hydrogens is 380 g/mol. The van der Waals surface area contributed by atoms with Crippen LogP contribution in [0.3, 0.4) is 0 Å². The zero-order valence-electron chi connectivity index (χ0n) is 14.2. The second-order valence-corrected chi connectivity index (χ2v) is 6.63. The fourth-order valence-corrected chi connectivity index (χ4v) is 3.23. The molecule has 2 aliphatic heterocycles. The van der Waals surface area contributed by atoms with Gasteiger partial charge < -0.3 is 41.3 Å². The lowest BCUT2D eigenvalue weighted by atomic mass is 10.1. The van der Waals surface area contributed by atoms with E-state index >= 15 is 0 Å². The first-order chi connectivity index (χ1) is 12.9. The average Bonchev–Trinajstić information content (AvgIpc) is 3.14. The summed E-state index contributed by atoms with van der Waals surface area (Å²) in [6.07, 6.45) is -3.09. The maximum Gasteiger partial charge on any atom is 0.349 e. The molecule has 0 unspecified atom stereocenters. The van der Waals surface area contributed by atoms with E-state index in [0.29, 0.717) is 12.2 Å². The predicted octanol–water partition coefficient (Wildman–Crippen LogP) is -2.81. The lowest BCUT2D eigenvalue weighted by molar-refractivity contribution is -0.146. The van der Waals surface area contributed by atoms with E-state index in [-0.39, 0.29) is 24.0 Å². The lowest BCUT2D eigenvalue weighted by Crippen LogP contribution is -2.47. The van der Waals surface area contributed by atoms with E-state index in [9.17, 15) is 20.1 Å². The van der Waals surface area contributed by atoms with Gasteiger partial charge in [0.1, 0.15) is 37.3 Å². The molecular formula is C14H22N6O6S. The summed E-state index contributed by atoms with van der Waals surface area (Å²) in [5.74, 6) is 0.00577. The van der Waals surface area contributed by atoms with Crippen molar-refractivity contribution in [3.05, 3.63) is 6.33 Å². The Morgan fingerprint density at radius 2 is 2.19 bits per heavy atom. The number of carbonyl (C=O) groups excluding carboxylic acids is 1. The van der Waals surface area contributed by atoms with Crippen LogP contribution in [-0.2, 0) is 14.4 Å². The molecule has 0 spiro atoms. The summed E-state index contributed by atoms with van der Waals surface area (Å²) in [5, 5.41) is 30.7. The van der Waals surface area contributed by atoms with Gasteiger partial charge in [-0.25, -0.2) is 14.8 Å². The molecule has 0 aliphatic carbocycles. The Labute approximate surface area is 160 Å². The number of nitrogens with zero attached hydrogens (tertiary/aromatic N) is 4. The second kappa shape index (κ2) is 8.00. The number of fused-ring (bicyclic) bond motifs is 1. The number of thiol groups is 1. The highest BCUT2D eigenvalue weighted by molar-refractivity contribution is 7.80. The van der Waals surface area contributed by atoms with Crippen LogP contribution >= 0.6 is 12.6 Å². The van der Waals surface area contributed by atoms with Crippen LogP contribution in [-0.4, -0.2) is 80.9 Å². The summed E-state index contributed by atoms with van der Waals surface area (Å²) in [4.78, 5) is 27.0. The maximum absolute atomic E-state index is 12.2. The van der Waals surface area contributed by atoms with Crippen molar-refractivity contribution in [1.29, 1.82) is 0 Å². The highest BCUT2D eigenvalue weighted by Gasteiger charge is 2.49. The third-order valence-corrected chi connectivity index (χ3v) is 4.66. The molecule has 0 saturated carbocycles. The van der Waals surface area contributed by atoms with E-state index in [2.05, 4.69) is 22.6 Å². The maximum atomic E-state index is 12.2. The van der Waals surface area contributed by atoms with Gasteiger partial charge in [0.25, 0.3) is 0 Å². The number of aliphatic hydroxyl groups excluding tert-OH is 3. The zero-order valence-corrected chi connectivity index (χ0v) is 15.1. The van der Waals surface area contributed by atoms with E-state index in [0.717, 1.165) is 5.06 Å². The molecule has 0 bridgehead atoms. The summed E-state index contributed by atoms with van der Waals surface area (Å²) < 4.78 is 5.53. The van der Waals surface area contributed by atoms with Crippen LogP contribution in [0.25, 0.3) is 0 Å². The summed E-state index contributed by atoms with van der Waals surface area (Å²) in [6, 6.07) is -0.875. The van der Waals surface area contributed by atoms with Crippen molar-refractivity contribution in [1.82, 2.24) is 9.97 Å². The normalized spacial score (nSPS) is 28.3. The Kier molecular flexibility index (Phi) is 5.88. The van der Waals surface area contributed by atoms with Crippen molar-refractivity contribution >= 4 is 35.9 Å². The quantitative estimate of drug-likeness (QED) is 0.269. The minimum absolute atomic E-state index is 0.0461. The minimum atomic E-state index is -1.33. The molecule has 0 amide bonds. The number of anilines is 3. The van der Waals surface area contributed by atoms with E-state index in [1.807, 2.05) is 0 Å². The Hall–Kier alpha value is -1.90. The first-order valence-corrected chi connectivity index (χ1v) is 8.87. The molecule has 1 saturated heterocycles. The van der Waals surface area contributed by atoms with Gasteiger partial charge in [0.2, 0.25) is 0 Å². The lowest BCUT2D eigenvalue weighted by Gasteiger charge is -2.27. The largest absolute Gasteiger partial charge is 0.394 e. The predicted molar refractivity (Wildman–Crippen MR) is 96.6 cm³/mol. The van der Waals surface area contributed by atoms with E-state index in [4.69, 9.17) is 21.0 Å². The molecule has 3 heterocycles. The third-order valence-electron chi connectivity index (χ3n) is 4.40. The van der Waals surface area contributed by atoms with Gasteiger partial charge in [0, 0.05) is 0 Å². The number of hydrogen-bond donors (Lipinski definition) is 6. The first kappa shape index (κ1) is 19.9. The molecule has 2 aliphatic rings. The Morgan fingerprint density at radius 1 is 1.44 bits per heavy atom. The van der Waals surface area contributed by atoms with Gasteiger partial charge in [-0.3, -0.25) is 0 Å². The van der Waals surface area contributed by atoms with E-state index < -0.39 is 43.2 Å². The fourth-order valence-electron chi connectivity index (χ4n) is 2.95. The van der Waals surface area contributed by atoms with Crippen molar-refractivity contribution in [3.8, 4) is 0 Å². The van der Waals surface area contributed by atoms with Gasteiger partial charge in [-0.05, 0) is 12.2 Å². The minimum Gasteiger partial charge on any atom is -0.394 e. The molecule has 5 atom stereocenters. The van der Waals surface area contributed by atoms with Crippen LogP contribution in [0, 0.1) is 0 Å². The second-order valence-electron chi connectivity index (χ2n) is 6.18. The SMILES string of the molecule is Nc1ncnc2c1N(OC(=O)[C@@H](N)CCS)CN2[C@@H]1O[C@H](CO)[C@@H](O)[C@H]1O. The average molecular weight is 402 g/mol. The van der Waals surface area contributed by atoms with Crippen LogP contribution in [0.15, 0.2) is 6.33 Å². The Balaban J connectivity index is 1.85. The van der Waals surface area contributed by atoms with E-state index in [1.165, 1.54) is 11.2 Å². The number of hydrogen-bond acceptors (Lipinski definition) is 13. The highest BCUT2D eigenvalue weighted by atomic mass is 32.1. The molecule has 13 heteroatoms. The number of hydroxylamine groups is 1. The van der Waals surface area contributed by atoms with Gasteiger partial charge >= 0.3 is 5.97 Å². The number of aromatic nitrogens is 2. The summed E-state index contributed by atoms with van der Waals surface area (Å²) >= 11 is 4.04. The van der Waals surface area contributed by atoms with Crippen molar-refractivity contribution in [2.45, 2.75) is 37.0 Å². The number of aliphatic hydroxyl groups is 3. The van der Waals surface area contributed by atoms with Crippen molar-refractivity contribution in [3.63, 3.8) is 0 Å². The van der Waals surface area contributed by atoms with Crippen molar-refractivity contribution < 1.29 is 29.7 Å². The number of ether oxygens (including phenoxy) is 1. The Morgan fingerprint density at radius 3 is 2.81 bits per heavy atom. The highest BCUT2D eigenvalue weighted by Crippen LogP contribution is 2.41. The van der Waals surface area contributed by atoms with Crippen LogP contribution in [0.1, 0.15) is 6.42 Å². The number of carbonyl (C=O) groups is 1. The van der Waals surface area contributed by atoms with Crippen molar-refractivity contribution in [2.24, 2.45) is 5.73 Å². The van der Waals surface area contributed by atoms with Crippen LogP contribution in [0.5, 0.6) is 0 Å². The van der Waals surface area contributed by atoms with Gasteiger partial charge in [-0.1, -0.05) is 0 Å². The molecule has 1 aromatic heterocycles. The van der Waals surface area contributed by atoms with E-state index in [1.54, 1.807) is 0 Å². The molecule has 3 rings (SSSR count). The summed E-state index contributed by atoms with van der Waals surface area (Å²) in [6.45, 7) is -0.567. The molecule has 12 nitrogen and oxygen atoms in total. The number of nitrogens with two attached hydrogens (primary N) is 2. The number of nitrogen functional groups attached to an aromatic ring is 1. The van der Waals surface area contributed by atoms with Crippen molar-refractivity contribution in [2.75, 3.05) is 34.7 Å². The standard InChI is InChI=1S/C14H22N6O6S/c15-6(1-2-27)14(24)26-20-5-19(12-8(20)11(16)17-4-18-12)13-10(23)9(22)7(3-21)25-13/h4,6-7,9-10,13,21-23,27H,1-3,5,15H2,(H2,16,17,18)/t6-,7+,9+,10+,13+/m0/s1. The number of rotatable bonds is 6. The topological polar surface area (TPSA) is 181 Å². The smallest absolute Gasteiger partial charge is 0.349 e. The molecule has 150 valence electrons.